The number of nitrogens with zero attached hydrogens (tertiary/aromatic N) is 4. The molecule has 0 saturated heterocycles. The molecule has 3 rings (SSSR count). The number of benzene rings is 1. The summed E-state index contributed by atoms with van der Waals surface area (Å²) in [6, 6.07) is 7.50. The fourth-order valence-electron chi connectivity index (χ4n) is 3.15. The van der Waals surface area contributed by atoms with Gasteiger partial charge in [-0.3, -0.25) is 13.9 Å². The van der Waals surface area contributed by atoms with Gasteiger partial charge in [0.05, 0.1) is 0 Å². The molecule has 1 aromatic carbocycles. The fraction of sp³-hybridized carbons (Fsp3) is 0.350. The first kappa shape index (κ1) is 19.2. The van der Waals surface area contributed by atoms with Crippen LogP contribution < -0.4 is 11.2 Å². The minimum Gasteiger partial charge on any atom is -0.322 e. The third-order valence-electron chi connectivity index (χ3n) is 4.49. The number of hydrogen-bond donors (Lipinski definition) is 0. The molecule has 0 aliphatic carbocycles. The van der Waals surface area contributed by atoms with E-state index < -0.39 is 0 Å². The molecule has 2 heterocycles. The summed E-state index contributed by atoms with van der Waals surface area (Å²) in [6.07, 6.45) is 5.16. The molecule has 0 atom stereocenters. The van der Waals surface area contributed by atoms with E-state index in [1.54, 1.807) is 16.2 Å². The van der Waals surface area contributed by atoms with Crippen molar-refractivity contribution >= 4 is 34.9 Å². The first-order chi connectivity index (χ1) is 13.0. The third-order valence-corrected chi connectivity index (χ3v) is 4.83. The molecule has 27 heavy (non-hydrogen) atoms. The average Bonchev–Trinajstić information content (AvgIpc) is 2.98. The van der Waals surface area contributed by atoms with Crippen LogP contribution in [0.4, 0.5) is 0 Å². The van der Waals surface area contributed by atoms with Crippen molar-refractivity contribution in [2.24, 2.45) is 7.05 Å². The maximum Gasteiger partial charge on any atom is 0.332 e. The predicted octanol–water partition coefficient (Wildman–Crippen LogP) is 3.54. The van der Waals surface area contributed by atoms with Crippen LogP contribution in [-0.4, -0.2) is 18.7 Å². The fourth-order valence-corrected chi connectivity index (χ4v) is 3.35. The minimum absolute atomic E-state index is 0.295. The summed E-state index contributed by atoms with van der Waals surface area (Å²) in [4.78, 5) is 30.3. The zero-order valence-corrected chi connectivity index (χ0v) is 16.5. The SMILES string of the molecule is CCCn1c(=O)c2c(nc(C=Cc3ccccc3Cl)n2C)n(CCC)c1=O. The lowest BCUT2D eigenvalue weighted by Gasteiger charge is -2.10. The van der Waals surface area contributed by atoms with Crippen LogP contribution in [0, 0.1) is 0 Å². The van der Waals surface area contributed by atoms with Crippen molar-refractivity contribution in [2.45, 2.75) is 39.8 Å². The van der Waals surface area contributed by atoms with Crippen LogP contribution in [0.25, 0.3) is 23.3 Å². The van der Waals surface area contributed by atoms with Crippen molar-refractivity contribution in [1.29, 1.82) is 0 Å². The molecule has 0 amide bonds. The van der Waals surface area contributed by atoms with E-state index in [4.69, 9.17) is 11.6 Å². The topological polar surface area (TPSA) is 61.8 Å². The number of halogens is 1. The van der Waals surface area contributed by atoms with E-state index in [1.165, 1.54) is 4.57 Å². The highest BCUT2D eigenvalue weighted by Crippen LogP contribution is 2.19. The summed E-state index contributed by atoms with van der Waals surface area (Å²) >= 11 is 6.20. The standard InChI is InChI=1S/C20H23ClN4O2/c1-4-12-24-18-17(19(26)25(13-5-2)20(24)27)23(3)16(22-18)11-10-14-8-6-7-9-15(14)21/h6-11H,4-5,12-13H2,1-3H3. The molecule has 2 aromatic heterocycles. The van der Waals surface area contributed by atoms with Gasteiger partial charge in [0.1, 0.15) is 5.82 Å². The second-order valence-electron chi connectivity index (χ2n) is 6.45. The van der Waals surface area contributed by atoms with E-state index in [0.29, 0.717) is 41.5 Å². The van der Waals surface area contributed by atoms with Crippen LogP contribution in [0.2, 0.25) is 5.02 Å². The van der Waals surface area contributed by atoms with Crippen LogP contribution in [0.5, 0.6) is 0 Å². The Morgan fingerprint density at radius 1 is 1.04 bits per heavy atom. The van der Waals surface area contributed by atoms with Crippen molar-refractivity contribution < 1.29 is 0 Å². The minimum atomic E-state index is -0.295. The quantitative estimate of drug-likeness (QED) is 0.651. The predicted molar refractivity (Wildman–Crippen MR) is 110 cm³/mol. The van der Waals surface area contributed by atoms with E-state index >= 15 is 0 Å². The number of hydrogen-bond acceptors (Lipinski definition) is 3. The van der Waals surface area contributed by atoms with Gasteiger partial charge in [-0.05, 0) is 36.6 Å². The maximum absolute atomic E-state index is 12.9. The second-order valence-corrected chi connectivity index (χ2v) is 6.85. The highest BCUT2D eigenvalue weighted by atomic mass is 35.5. The van der Waals surface area contributed by atoms with Gasteiger partial charge in [-0.1, -0.05) is 43.6 Å². The summed E-state index contributed by atoms with van der Waals surface area (Å²) in [7, 11) is 1.79. The molecule has 3 aromatic rings. The Morgan fingerprint density at radius 3 is 2.37 bits per heavy atom. The van der Waals surface area contributed by atoms with E-state index in [9.17, 15) is 9.59 Å². The van der Waals surface area contributed by atoms with Crippen LogP contribution in [0.15, 0.2) is 33.9 Å². The molecule has 0 saturated carbocycles. The normalized spacial score (nSPS) is 11.7. The molecule has 7 heteroatoms. The van der Waals surface area contributed by atoms with E-state index in [1.807, 2.05) is 50.3 Å². The summed E-state index contributed by atoms with van der Waals surface area (Å²) in [5.74, 6) is 0.598. The Balaban J connectivity index is 2.23. The summed E-state index contributed by atoms with van der Waals surface area (Å²) in [5.41, 5.74) is 1.14. The molecule has 0 aliphatic rings. The van der Waals surface area contributed by atoms with Gasteiger partial charge in [0.15, 0.2) is 11.2 Å². The molecule has 0 bridgehead atoms. The van der Waals surface area contributed by atoms with Gasteiger partial charge >= 0.3 is 5.69 Å². The largest absolute Gasteiger partial charge is 0.332 e. The number of aryl methyl sites for hydroxylation is 2. The number of fused-ring (bicyclic) bond motifs is 1. The Morgan fingerprint density at radius 2 is 1.70 bits per heavy atom. The molecule has 0 radical (unpaired) electrons. The lowest BCUT2D eigenvalue weighted by molar-refractivity contribution is 0.554. The van der Waals surface area contributed by atoms with Crippen molar-refractivity contribution in [2.75, 3.05) is 0 Å². The smallest absolute Gasteiger partial charge is 0.322 e. The zero-order valence-electron chi connectivity index (χ0n) is 15.8. The molecular formula is C20H23ClN4O2. The monoisotopic (exact) mass is 386 g/mol. The Hall–Kier alpha value is -2.60. The van der Waals surface area contributed by atoms with E-state index in [2.05, 4.69) is 4.98 Å². The average molecular weight is 387 g/mol. The molecule has 0 aliphatic heterocycles. The van der Waals surface area contributed by atoms with E-state index in [-0.39, 0.29) is 11.2 Å². The van der Waals surface area contributed by atoms with Gasteiger partial charge in [-0.15, -0.1) is 0 Å². The highest BCUT2D eigenvalue weighted by molar-refractivity contribution is 6.32. The van der Waals surface area contributed by atoms with Crippen molar-refractivity contribution in [3.8, 4) is 0 Å². The maximum atomic E-state index is 12.9. The molecule has 0 unspecified atom stereocenters. The molecule has 6 nitrogen and oxygen atoms in total. The molecule has 0 N–H and O–H groups in total. The van der Waals surface area contributed by atoms with Crippen molar-refractivity contribution in [3.05, 3.63) is 61.5 Å². The van der Waals surface area contributed by atoms with Gasteiger partial charge in [0.25, 0.3) is 5.56 Å². The molecule has 0 fully saturated rings. The highest BCUT2D eigenvalue weighted by Gasteiger charge is 2.18. The van der Waals surface area contributed by atoms with Gasteiger partial charge in [0, 0.05) is 25.2 Å². The van der Waals surface area contributed by atoms with Gasteiger partial charge < -0.3 is 4.57 Å². The van der Waals surface area contributed by atoms with E-state index in [0.717, 1.165) is 12.0 Å². The van der Waals surface area contributed by atoms with Crippen LogP contribution in [0.1, 0.15) is 38.1 Å². The van der Waals surface area contributed by atoms with Crippen LogP contribution in [-0.2, 0) is 20.1 Å². The lowest BCUT2D eigenvalue weighted by Crippen LogP contribution is -2.40. The summed E-state index contributed by atoms with van der Waals surface area (Å²) < 4.78 is 4.64. The Kier molecular flexibility index (Phi) is 5.65. The van der Waals surface area contributed by atoms with Gasteiger partial charge in [-0.25, -0.2) is 9.78 Å². The summed E-state index contributed by atoms with van der Waals surface area (Å²) in [5, 5.41) is 0.640. The first-order valence-corrected chi connectivity index (χ1v) is 9.50. The Labute approximate surface area is 162 Å². The Bertz CT molecular complexity index is 1120. The van der Waals surface area contributed by atoms with Crippen LogP contribution in [0.3, 0.4) is 0 Å². The van der Waals surface area contributed by atoms with Gasteiger partial charge in [-0.2, -0.15) is 0 Å². The molecular weight excluding hydrogens is 364 g/mol. The number of rotatable bonds is 6. The zero-order chi connectivity index (χ0) is 19.6. The third kappa shape index (κ3) is 3.49. The van der Waals surface area contributed by atoms with Crippen LogP contribution >= 0.6 is 11.6 Å². The number of imidazole rings is 1. The first-order valence-electron chi connectivity index (χ1n) is 9.12. The van der Waals surface area contributed by atoms with Crippen molar-refractivity contribution in [3.63, 3.8) is 0 Å². The van der Waals surface area contributed by atoms with Gasteiger partial charge in [0.2, 0.25) is 0 Å². The molecule has 142 valence electrons. The second kappa shape index (κ2) is 7.96. The summed E-state index contributed by atoms with van der Waals surface area (Å²) in [6.45, 7) is 4.85. The lowest BCUT2D eigenvalue weighted by atomic mass is 10.2. The number of aromatic nitrogens is 4. The van der Waals surface area contributed by atoms with Crippen molar-refractivity contribution in [1.82, 2.24) is 18.7 Å². The molecule has 0 spiro atoms.